The number of oxazole rings is 1. The summed E-state index contributed by atoms with van der Waals surface area (Å²) in [6.45, 7) is 6.26. The zero-order valence-electron chi connectivity index (χ0n) is 15.0. The molecule has 136 valence electrons. The van der Waals surface area contributed by atoms with E-state index < -0.39 is 11.2 Å². The van der Waals surface area contributed by atoms with E-state index in [2.05, 4.69) is 4.98 Å². The Morgan fingerprint density at radius 1 is 1.32 bits per heavy atom. The lowest BCUT2D eigenvalue weighted by Gasteiger charge is -2.36. The van der Waals surface area contributed by atoms with Crippen molar-refractivity contribution in [2.24, 2.45) is 0 Å². The summed E-state index contributed by atoms with van der Waals surface area (Å²) in [4.78, 5) is 18.2. The third kappa shape index (κ3) is 3.71. The molecule has 1 amide bonds. The average Bonchev–Trinajstić information content (AvgIpc) is 2.97. The molecule has 0 radical (unpaired) electrons. The van der Waals surface area contributed by atoms with Gasteiger partial charge < -0.3 is 23.9 Å². The van der Waals surface area contributed by atoms with Gasteiger partial charge in [0.1, 0.15) is 22.5 Å². The number of carbonyl (C=O) groups excluding carboxylic acids is 1. The smallest absolute Gasteiger partial charge is 0.410 e. The fraction of sp³-hybridized carbons (Fsp3) is 0.556. The van der Waals surface area contributed by atoms with Gasteiger partial charge in [-0.05, 0) is 32.9 Å². The predicted octanol–water partition coefficient (Wildman–Crippen LogP) is 3.05. The number of ether oxygens (including phenoxy) is 2. The minimum atomic E-state index is -1.19. The number of aliphatic hydroxyl groups is 1. The quantitative estimate of drug-likeness (QED) is 0.898. The largest absolute Gasteiger partial charge is 0.497 e. The summed E-state index contributed by atoms with van der Waals surface area (Å²) in [5.74, 6) is 0.957. The van der Waals surface area contributed by atoms with Crippen LogP contribution in [0.1, 0.15) is 39.5 Å². The van der Waals surface area contributed by atoms with Gasteiger partial charge in [-0.1, -0.05) is 0 Å². The first-order chi connectivity index (χ1) is 11.7. The van der Waals surface area contributed by atoms with Gasteiger partial charge in [0, 0.05) is 32.0 Å². The van der Waals surface area contributed by atoms with Crippen molar-refractivity contribution in [2.45, 2.75) is 44.8 Å². The highest BCUT2D eigenvalue weighted by Gasteiger charge is 2.40. The second kappa shape index (κ2) is 6.22. The van der Waals surface area contributed by atoms with Crippen molar-refractivity contribution >= 4 is 17.2 Å². The molecule has 1 aromatic carbocycles. The number of likely N-dealkylation sites (tertiary alicyclic amines) is 1. The number of aromatic nitrogens is 1. The second-order valence-electron chi connectivity index (χ2n) is 7.35. The van der Waals surface area contributed by atoms with E-state index in [-0.39, 0.29) is 12.0 Å². The molecule has 2 heterocycles. The summed E-state index contributed by atoms with van der Waals surface area (Å²) in [5, 5.41) is 10.9. The van der Waals surface area contributed by atoms with Crippen LogP contribution in [0.25, 0.3) is 11.1 Å². The fourth-order valence-electron chi connectivity index (χ4n) is 2.83. The van der Waals surface area contributed by atoms with Crippen LogP contribution in [0.2, 0.25) is 0 Å². The molecule has 1 aliphatic heterocycles. The molecule has 3 rings (SSSR count). The first kappa shape index (κ1) is 17.5. The van der Waals surface area contributed by atoms with E-state index >= 15 is 0 Å². The van der Waals surface area contributed by atoms with Gasteiger partial charge in [0.15, 0.2) is 5.58 Å². The molecule has 1 aromatic heterocycles. The van der Waals surface area contributed by atoms with Gasteiger partial charge in [0.05, 0.1) is 7.11 Å². The minimum Gasteiger partial charge on any atom is -0.497 e. The average molecular weight is 348 g/mol. The predicted molar refractivity (Wildman–Crippen MR) is 91.5 cm³/mol. The normalized spacial score (nSPS) is 17.6. The number of benzene rings is 1. The molecule has 2 aromatic rings. The zero-order valence-corrected chi connectivity index (χ0v) is 15.0. The molecular weight excluding hydrogens is 324 g/mol. The first-order valence-electron chi connectivity index (χ1n) is 8.36. The van der Waals surface area contributed by atoms with Crippen molar-refractivity contribution < 1.29 is 23.8 Å². The lowest BCUT2D eigenvalue weighted by atomic mass is 9.91. The Bertz CT molecular complexity index is 769. The number of rotatable bonds is 2. The van der Waals surface area contributed by atoms with E-state index in [1.54, 1.807) is 30.2 Å². The maximum absolute atomic E-state index is 12.1. The van der Waals surface area contributed by atoms with Crippen LogP contribution in [0, 0.1) is 0 Å². The summed E-state index contributed by atoms with van der Waals surface area (Å²) in [6, 6.07) is 5.32. The lowest BCUT2D eigenvalue weighted by Crippen LogP contribution is -2.46. The Morgan fingerprint density at radius 3 is 2.60 bits per heavy atom. The van der Waals surface area contributed by atoms with Crippen LogP contribution < -0.4 is 4.74 Å². The first-order valence-corrected chi connectivity index (χ1v) is 8.36. The summed E-state index contributed by atoms with van der Waals surface area (Å²) >= 11 is 0. The summed E-state index contributed by atoms with van der Waals surface area (Å²) in [5.41, 5.74) is -0.495. The molecule has 25 heavy (non-hydrogen) atoms. The van der Waals surface area contributed by atoms with Crippen LogP contribution in [0.3, 0.4) is 0 Å². The van der Waals surface area contributed by atoms with Crippen LogP contribution in [0.4, 0.5) is 4.79 Å². The number of piperidine rings is 1. The van der Waals surface area contributed by atoms with Crippen LogP contribution in [0.5, 0.6) is 5.75 Å². The van der Waals surface area contributed by atoms with Crippen LogP contribution in [-0.2, 0) is 10.3 Å². The molecule has 1 fully saturated rings. The maximum Gasteiger partial charge on any atom is 0.410 e. The Morgan fingerprint density at radius 2 is 2.00 bits per heavy atom. The maximum atomic E-state index is 12.1. The van der Waals surface area contributed by atoms with Crippen molar-refractivity contribution in [3.05, 3.63) is 24.1 Å². The summed E-state index contributed by atoms with van der Waals surface area (Å²) in [6.07, 6.45) is 0.323. The number of hydrogen-bond acceptors (Lipinski definition) is 6. The minimum absolute atomic E-state index is 0.277. The summed E-state index contributed by atoms with van der Waals surface area (Å²) in [7, 11) is 1.59. The number of carbonyl (C=O) groups is 1. The number of fused-ring (bicyclic) bond motifs is 1. The third-order valence-electron chi connectivity index (χ3n) is 4.24. The van der Waals surface area contributed by atoms with Gasteiger partial charge >= 0.3 is 6.09 Å². The lowest BCUT2D eigenvalue weighted by molar-refractivity contribution is -0.0505. The molecule has 7 nitrogen and oxygen atoms in total. The molecule has 0 bridgehead atoms. The highest BCUT2D eigenvalue weighted by molar-refractivity contribution is 5.74. The highest BCUT2D eigenvalue weighted by atomic mass is 16.6. The topological polar surface area (TPSA) is 85.0 Å². The number of methoxy groups -OCH3 is 1. The molecule has 1 saturated heterocycles. The number of amides is 1. The zero-order chi connectivity index (χ0) is 18.2. The van der Waals surface area contributed by atoms with Crippen LogP contribution >= 0.6 is 0 Å². The van der Waals surface area contributed by atoms with E-state index in [0.29, 0.717) is 42.8 Å². The summed E-state index contributed by atoms with van der Waals surface area (Å²) < 4.78 is 16.3. The van der Waals surface area contributed by atoms with Crippen molar-refractivity contribution in [1.29, 1.82) is 0 Å². The Hall–Kier alpha value is -2.28. The SMILES string of the molecule is COc1ccc2oc(C3(O)CCN(C(=O)OC(C)(C)C)CC3)nc2c1. The Balaban J connectivity index is 1.73. The van der Waals surface area contributed by atoms with Crippen LogP contribution in [-0.4, -0.2) is 46.9 Å². The molecule has 0 aliphatic carbocycles. The van der Waals surface area contributed by atoms with Gasteiger partial charge in [-0.2, -0.15) is 0 Å². The van der Waals surface area contributed by atoms with E-state index in [1.165, 1.54) is 0 Å². The number of hydrogen-bond donors (Lipinski definition) is 1. The molecular formula is C18H24N2O5. The molecule has 0 unspecified atom stereocenters. The van der Waals surface area contributed by atoms with Crippen molar-refractivity contribution in [1.82, 2.24) is 9.88 Å². The van der Waals surface area contributed by atoms with Crippen molar-refractivity contribution in [2.75, 3.05) is 20.2 Å². The van der Waals surface area contributed by atoms with Crippen molar-refractivity contribution in [3.8, 4) is 5.75 Å². The second-order valence-corrected chi connectivity index (χ2v) is 7.35. The Kier molecular flexibility index (Phi) is 4.36. The number of nitrogens with zero attached hydrogens (tertiary/aromatic N) is 2. The molecule has 1 N–H and O–H groups in total. The highest BCUT2D eigenvalue weighted by Crippen LogP contribution is 2.35. The van der Waals surface area contributed by atoms with Crippen LogP contribution in [0.15, 0.2) is 22.6 Å². The molecule has 0 atom stereocenters. The van der Waals surface area contributed by atoms with Gasteiger partial charge in [-0.3, -0.25) is 0 Å². The van der Waals surface area contributed by atoms with E-state index in [1.807, 2.05) is 20.8 Å². The van der Waals surface area contributed by atoms with E-state index in [9.17, 15) is 9.90 Å². The van der Waals surface area contributed by atoms with Gasteiger partial charge in [-0.15, -0.1) is 0 Å². The van der Waals surface area contributed by atoms with Gasteiger partial charge in [0.25, 0.3) is 0 Å². The Labute approximate surface area is 146 Å². The van der Waals surface area contributed by atoms with E-state index in [4.69, 9.17) is 13.9 Å². The van der Waals surface area contributed by atoms with E-state index in [0.717, 1.165) is 0 Å². The fourth-order valence-corrected chi connectivity index (χ4v) is 2.83. The molecule has 7 heteroatoms. The standard InChI is InChI=1S/C18H24N2O5/c1-17(2,3)25-16(21)20-9-7-18(22,8-10-20)15-19-13-11-12(23-4)5-6-14(13)24-15/h5-6,11,22H,7-10H2,1-4H3. The van der Waals surface area contributed by atoms with Crippen molar-refractivity contribution in [3.63, 3.8) is 0 Å². The molecule has 1 aliphatic rings. The monoisotopic (exact) mass is 348 g/mol. The molecule has 0 saturated carbocycles. The van der Waals surface area contributed by atoms with Gasteiger partial charge in [0.2, 0.25) is 5.89 Å². The molecule has 0 spiro atoms. The third-order valence-corrected chi connectivity index (χ3v) is 4.24. The van der Waals surface area contributed by atoms with Gasteiger partial charge in [-0.25, -0.2) is 9.78 Å².